The molecule has 0 heterocycles. The lowest BCUT2D eigenvalue weighted by atomic mass is 9.93. The van der Waals surface area contributed by atoms with Crippen molar-refractivity contribution in [2.45, 2.75) is 37.9 Å². The molecule has 1 aliphatic carbocycles. The van der Waals surface area contributed by atoms with E-state index in [-0.39, 0.29) is 11.3 Å². The van der Waals surface area contributed by atoms with Gasteiger partial charge in [-0.25, -0.2) is 17.2 Å². The predicted octanol–water partition coefficient (Wildman–Crippen LogP) is 4.51. The molecule has 1 amide bonds. The van der Waals surface area contributed by atoms with Crippen molar-refractivity contribution >= 4 is 21.6 Å². The van der Waals surface area contributed by atoms with Crippen LogP contribution in [0.1, 0.15) is 43.0 Å². The maximum absolute atomic E-state index is 14.2. The standard InChI is InChI=1S/C21H21F5N2O3S/c1-11(12-4-7-18(17(23)8-12)28-32(3,30)31)27-19(29)15-10-20(15,2)13-5-6-14(16(22)9-13)21(24,25)26/h4-9,11,15,28H,10H2,1-3H3,(H,27,29)/t11?,15-,20?/m0/s1. The number of carbonyl (C=O) groups is 1. The third-order valence-corrected chi connectivity index (χ3v) is 6.23. The second-order valence-electron chi connectivity index (χ2n) is 8.21. The van der Waals surface area contributed by atoms with E-state index in [9.17, 15) is 35.2 Å². The number of hydrogen-bond donors (Lipinski definition) is 2. The SMILES string of the molecule is CC(NC(=O)[C@@H]1CC1(C)c1ccc(C(F)(F)F)c(F)c1)c1ccc(NS(C)(=O)=O)c(F)c1. The Labute approximate surface area is 182 Å². The number of carbonyl (C=O) groups excluding carboxylic acids is 1. The molecule has 1 aliphatic rings. The molecule has 2 aromatic carbocycles. The van der Waals surface area contributed by atoms with Crippen LogP contribution in [0.25, 0.3) is 0 Å². The second-order valence-corrected chi connectivity index (χ2v) is 9.96. The van der Waals surface area contributed by atoms with E-state index in [4.69, 9.17) is 0 Å². The smallest absolute Gasteiger partial charge is 0.349 e. The van der Waals surface area contributed by atoms with Crippen molar-refractivity contribution in [1.29, 1.82) is 0 Å². The molecule has 0 saturated heterocycles. The molecule has 2 unspecified atom stereocenters. The van der Waals surface area contributed by atoms with Gasteiger partial charge in [-0.1, -0.05) is 19.1 Å². The molecule has 1 fully saturated rings. The fourth-order valence-electron chi connectivity index (χ4n) is 3.65. The van der Waals surface area contributed by atoms with Crippen molar-refractivity contribution in [3.8, 4) is 0 Å². The molecule has 32 heavy (non-hydrogen) atoms. The first kappa shape index (κ1) is 24.0. The van der Waals surface area contributed by atoms with Crippen LogP contribution in [0.5, 0.6) is 0 Å². The first-order valence-corrected chi connectivity index (χ1v) is 11.5. The van der Waals surface area contributed by atoms with Crippen molar-refractivity contribution in [3.63, 3.8) is 0 Å². The van der Waals surface area contributed by atoms with E-state index in [2.05, 4.69) is 5.32 Å². The first-order valence-electron chi connectivity index (χ1n) is 9.56. The summed E-state index contributed by atoms with van der Waals surface area (Å²) < 4.78 is 91.0. The molecule has 5 nitrogen and oxygen atoms in total. The molecule has 3 atom stereocenters. The van der Waals surface area contributed by atoms with Crippen molar-refractivity contribution in [2.75, 3.05) is 11.0 Å². The van der Waals surface area contributed by atoms with Gasteiger partial charge in [0, 0.05) is 11.3 Å². The Morgan fingerprint density at radius 1 is 1.12 bits per heavy atom. The van der Waals surface area contributed by atoms with Crippen molar-refractivity contribution in [3.05, 3.63) is 64.7 Å². The first-order chi connectivity index (χ1) is 14.6. The molecule has 0 aromatic heterocycles. The van der Waals surface area contributed by atoms with Crippen LogP contribution in [-0.4, -0.2) is 20.6 Å². The molecule has 0 spiro atoms. The Morgan fingerprint density at radius 3 is 2.31 bits per heavy atom. The molecular formula is C21H21F5N2O3S. The van der Waals surface area contributed by atoms with Gasteiger partial charge in [-0.15, -0.1) is 0 Å². The van der Waals surface area contributed by atoms with Gasteiger partial charge in [0.2, 0.25) is 15.9 Å². The summed E-state index contributed by atoms with van der Waals surface area (Å²) in [7, 11) is -3.66. The Morgan fingerprint density at radius 2 is 1.78 bits per heavy atom. The highest BCUT2D eigenvalue weighted by atomic mass is 32.2. The maximum atomic E-state index is 14.2. The molecule has 174 valence electrons. The lowest BCUT2D eigenvalue weighted by Crippen LogP contribution is -2.30. The minimum absolute atomic E-state index is 0.228. The molecular weight excluding hydrogens is 455 g/mol. The zero-order chi connectivity index (χ0) is 24.1. The summed E-state index contributed by atoms with van der Waals surface area (Å²) >= 11 is 0. The van der Waals surface area contributed by atoms with Gasteiger partial charge in [-0.05, 0) is 48.7 Å². The molecule has 3 rings (SSSR count). The topological polar surface area (TPSA) is 75.3 Å². The Hall–Kier alpha value is -2.69. The summed E-state index contributed by atoms with van der Waals surface area (Å²) in [4.78, 5) is 12.7. The third-order valence-electron chi connectivity index (χ3n) is 5.63. The number of amides is 1. The Bertz CT molecular complexity index is 1170. The van der Waals surface area contributed by atoms with E-state index in [0.29, 0.717) is 18.1 Å². The van der Waals surface area contributed by atoms with Crippen LogP contribution in [0.4, 0.5) is 27.6 Å². The number of halogens is 5. The molecule has 11 heteroatoms. The van der Waals surface area contributed by atoms with E-state index in [0.717, 1.165) is 18.4 Å². The largest absolute Gasteiger partial charge is 0.419 e. The Balaban J connectivity index is 1.70. The highest BCUT2D eigenvalue weighted by Crippen LogP contribution is 2.54. The van der Waals surface area contributed by atoms with Gasteiger partial charge in [-0.2, -0.15) is 13.2 Å². The summed E-state index contributed by atoms with van der Waals surface area (Å²) in [5.74, 6) is -3.20. The van der Waals surface area contributed by atoms with Crippen LogP contribution in [0, 0.1) is 17.6 Å². The summed E-state index contributed by atoms with van der Waals surface area (Å²) in [6, 6.07) is 5.81. The fourth-order valence-corrected chi connectivity index (χ4v) is 4.21. The number of anilines is 1. The van der Waals surface area contributed by atoms with E-state index in [1.807, 2.05) is 4.72 Å². The molecule has 2 N–H and O–H groups in total. The molecule has 1 saturated carbocycles. The highest BCUT2D eigenvalue weighted by Gasteiger charge is 2.56. The van der Waals surface area contributed by atoms with Gasteiger partial charge in [0.15, 0.2) is 0 Å². The number of benzene rings is 2. The van der Waals surface area contributed by atoms with Crippen molar-refractivity contribution < 1.29 is 35.2 Å². The van der Waals surface area contributed by atoms with Crippen LogP contribution < -0.4 is 10.0 Å². The molecule has 2 aromatic rings. The molecule has 0 aliphatic heterocycles. The minimum atomic E-state index is -4.80. The van der Waals surface area contributed by atoms with Crippen LogP contribution in [0.15, 0.2) is 36.4 Å². The van der Waals surface area contributed by atoms with Crippen molar-refractivity contribution in [2.24, 2.45) is 5.92 Å². The van der Waals surface area contributed by atoms with Crippen LogP contribution in [0.2, 0.25) is 0 Å². The van der Waals surface area contributed by atoms with Crippen LogP contribution in [-0.2, 0) is 26.4 Å². The van der Waals surface area contributed by atoms with Gasteiger partial charge >= 0.3 is 6.18 Å². The lowest BCUT2D eigenvalue weighted by Gasteiger charge is -2.18. The van der Waals surface area contributed by atoms with E-state index >= 15 is 0 Å². The average Bonchev–Trinajstić information content (AvgIpc) is 3.34. The summed E-state index contributed by atoms with van der Waals surface area (Å²) in [6.07, 6.45) is -3.60. The Kier molecular flexibility index (Phi) is 6.01. The quantitative estimate of drug-likeness (QED) is 0.603. The molecule has 0 bridgehead atoms. The van der Waals surface area contributed by atoms with Crippen LogP contribution >= 0.6 is 0 Å². The summed E-state index contributed by atoms with van der Waals surface area (Å²) in [5.41, 5.74) is -1.73. The zero-order valence-electron chi connectivity index (χ0n) is 17.3. The van der Waals surface area contributed by atoms with E-state index in [1.54, 1.807) is 13.8 Å². The summed E-state index contributed by atoms with van der Waals surface area (Å²) in [6.45, 7) is 3.27. The monoisotopic (exact) mass is 476 g/mol. The molecule has 0 radical (unpaired) electrons. The van der Waals surface area contributed by atoms with Crippen molar-refractivity contribution in [1.82, 2.24) is 5.32 Å². The normalized spacial score (nSPS) is 21.7. The highest BCUT2D eigenvalue weighted by molar-refractivity contribution is 7.92. The van der Waals surface area contributed by atoms with Gasteiger partial charge < -0.3 is 5.32 Å². The second kappa shape index (κ2) is 8.02. The summed E-state index contributed by atoms with van der Waals surface area (Å²) in [5, 5.41) is 2.71. The van der Waals surface area contributed by atoms with Gasteiger partial charge in [0.25, 0.3) is 0 Å². The minimum Gasteiger partial charge on any atom is -0.349 e. The average molecular weight is 476 g/mol. The van der Waals surface area contributed by atoms with Crippen LogP contribution in [0.3, 0.4) is 0 Å². The number of alkyl halides is 3. The fraction of sp³-hybridized carbons (Fsp3) is 0.381. The van der Waals surface area contributed by atoms with Gasteiger partial charge in [0.1, 0.15) is 11.6 Å². The van der Waals surface area contributed by atoms with Gasteiger partial charge in [-0.3, -0.25) is 9.52 Å². The number of nitrogens with one attached hydrogen (secondary N) is 2. The number of hydrogen-bond acceptors (Lipinski definition) is 3. The predicted molar refractivity (Wildman–Crippen MR) is 108 cm³/mol. The third kappa shape index (κ3) is 5.03. The zero-order valence-corrected chi connectivity index (χ0v) is 18.2. The maximum Gasteiger partial charge on any atom is 0.419 e. The lowest BCUT2D eigenvalue weighted by molar-refractivity contribution is -0.140. The number of rotatable bonds is 6. The van der Waals surface area contributed by atoms with Gasteiger partial charge in [0.05, 0.1) is 23.5 Å². The number of sulfonamides is 1. The van der Waals surface area contributed by atoms with E-state index < -0.39 is 56.7 Å². The van der Waals surface area contributed by atoms with E-state index in [1.165, 1.54) is 18.2 Å².